The fourth-order valence-corrected chi connectivity index (χ4v) is 5.94. The van der Waals surface area contributed by atoms with Crippen LogP contribution in [0.2, 0.25) is 0 Å². The molecule has 0 aliphatic carbocycles. The largest absolute Gasteiger partial charge is 0.380 e. The first kappa shape index (κ1) is 18.0. The van der Waals surface area contributed by atoms with E-state index in [0.717, 1.165) is 19.3 Å². The van der Waals surface area contributed by atoms with Crippen LogP contribution in [0, 0.1) is 16.2 Å². The molecule has 7 heteroatoms. The van der Waals surface area contributed by atoms with E-state index in [1.807, 2.05) is 0 Å². The topological polar surface area (TPSA) is 77.4 Å². The molecule has 0 aromatic rings. The van der Waals surface area contributed by atoms with E-state index in [0.29, 0.717) is 39.6 Å². The molecule has 0 aromatic heterocycles. The third-order valence-corrected chi connectivity index (χ3v) is 7.20. The third-order valence-electron chi connectivity index (χ3n) is 6.76. The van der Waals surface area contributed by atoms with E-state index in [-0.39, 0.29) is 16.2 Å². The highest BCUT2D eigenvalue weighted by Crippen LogP contribution is 2.69. The van der Waals surface area contributed by atoms with Crippen LogP contribution in [0.25, 0.3) is 0 Å². The second kappa shape index (κ2) is 6.17. The molecule has 134 valence electrons. The Morgan fingerprint density at radius 2 is 1.09 bits per heavy atom. The Labute approximate surface area is 139 Å². The zero-order valence-corrected chi connectivity index (χ0v) is 15.2. The van der Waals surface area contributed by atoms with Crippen molar-refractivity contribution in [2.45, 2.75) is 45.6 Å². The molecule has 0 unspecified atom stereocenters. The van der Waals surface area contributed by atoms with Crippen molar-refractivity contribution in [2.75, 3.05) is 39.6 Å². The van der Waals surface area contributed by atoms with Crippen LogP contribution in [0.3, 0.4) is 0 Å². The Hall–Kier alpha value is 0.190. The summed E-state index contributed by atoms with van der Waals surface area (Å²) in [5.74, 6) is 0. The van der Waals surface area contributed by atoms with Crippen molar-refractivity contribution >= 4 is 8.60 Å². The number of ether oxygens (including phenoxy) is 3. The van der Waals surface area contributed by atoms with Gasteiger partial charge in [0.1, 0.15) is 5.60 Å². The number of hydrogen-bond donors (Lipinski definition) is 2. The fraction of sp³-hybridized carbons (Fsp3) is 1.00. The van der Waals surface area contributed by atoms with Crippen molar-refractivity contribution in [3.05, 3.63) is 0 Å². The predicted molar refractivity (Wildman–Crippen MR) is 85.8 cm³/mol. The SMILES string of the molecule is CCC1(C(OP(O)O)(C2(CC)COC2)C2(CC)COC2)COC1. The summed E-state index contributed by atoms with van der Waals surface area (Å²) in [6.07, 6.45) is 2.62. The Balaban J connectivity index is 2.17. The average molecular weight is 348 g/mol. The van der Waals surface area contributed by atoms with E-state index in [4.69, 9.17) is 18.7 Å². The molecule has 0 bridgehead atoms. The van der Waals surface area contributed by atoms with Crippen molar-refractivity contribution < 1.29 is 28.5 Å². The Morgan fingerprint density at radius 3 is 1.22 bits per heavy atom. The molecule has 23 heavy (non-hydrogen) atoms. The molecule has 0 radical (unpaired) electrons. The van der Waals surface area contributed by atoms with E-state index < -0.39 is 14.2 Å². The first-order chi connectivity index (χ1) is 11.0. The molecule has 2 N–H and O–H groups in total. The van der Waals surface area contributed by atoms with Crippen LogP contribution in [0.15, 0.2) is 0 Å². The van der Waals surface area contributed by atoms with Crippen LogP contribution in [-0.4, -0.2) is 55.0 Å². The van der Waals surface area contributed by atoms with Gasteiger partial charge in [0.25, 0.3) is 0 Å². The van der Waals surface area contributed by atoms with Gasteiger partial charge in [0.05, 0.1) is 39.6 Å². The van der Waals surface area contributed by atoms with Crippen LogP contribution >= 0.6 is 8.60 Å². The lowest BCUT2D eigenvalue weighted by Crippen LogP contribution is -2.81. The minimum Gasteiger partial charge on any atom is -0.380 e. The molecule has 3 rings (SSSR count). The van der Waals surface area contributed by atoms with E-state index >= 15 is 0 Å². The first-order valence-corrected chi connectivity index (χ1v) is 9.74. The lowest BCUT2D eigenvalue weighted by molar-refractivity contribution is -0.378. The summed E-state index contributed by atoms with van der Waals surface area (Å²) in [6.45, 7) is 9.99. The third kappa shape index (κ3) is 2.13. The second-order valence-corrected chi connectivity index (χ2v) is 8.09. The fourth-order valence-electron chi connectivity index (χ4n) is 5.11. The minimum atomic E-state index is -2.48. The van der Waals surface area contributed by atoms with E-state index in [2.05, 4.69) is 20.8 Å². The van der Waals surface area contributed by atoms with Crippen molar-refractivity contribution in [3.63, 3.8) is 0 Å². The van der Waals surface area contributed by atoms with Gasteiger partial charge in [-0.15, -0.1) is 0 Å². The number of rotatable bonds is 8. The molecule has 3 heterocycles. The number of hydrogen-bond acceptors (Lipinski definition) is 6. The maximum atomic E-state index is 9.90. The summed E-state index contributed by atoms with van der Waals surface area (Å²) in [6, 6.07) is 0. The van der Waals surface area contributed by atoms with Crippen LogP contribution in [0.1, 0.15) is 40.0 Å². The Bertz CT molecular complexity index is 357. The summed E-state index contributed by atoms with van der Waals surface area (Å²) in [7, 11) is -2.48. The van der Waals surface area contributed by atoms with E-state index in [1.54, 1.807) is 0 Å². The van der Waals surface area contributed by atoms with Gasteiger partial charge >= 0.3 is 8.60 Å². The van der Waals surface area contributed by atoms with Crippen molar-refractivity contribution in [2.24, 2.45) is 16.2 Å². The van der Waals surface area contributed by atoms with Crippen molar-refractivity contribution in [1.82, 2.24) is 0 Å². The molecule has 0 amide bonds. The minimum absolute atomic E-state index is 0.224. The maximum Gasteiger partial charge on any atom is 0.327 e. The molecule has 3 aliphatic heterocycles. The van der Waals surface area contributed by atoms with Gasteiger partial charge in [0.15, 0.2) is 0 Å². The van der Waals surface area contributed by atoms with E-state index in [1.165, 1.54) is 0 Å². The van der Waals surface area contributed by atoms with Crippen LogP contribution < -0.4 is 0 Å². The summed E-state index contributed by atoms with van der Waals surface area (Å²) in [5.41, 5.74) is -1.37. The normalized spacial score (nSPS) is 27.9. The molecular weight excluding hydrogens is 319 g/mol. The van der Waals surface area contributed by atoms with Gasteiger partial charge in [0.2, 0.25) is 0 Å². The highest BCUT2D eigenvalue weighted by molar-refractivity contribution is 7.39. The zero-order valence-electron chi connectivity index (χ0n) is 14.3. The summed E-state index contributed by atoms with van der Waals surface area (Å²) in [5, 5.41) is 0. The zero-order chi connectivity index (χ0) is 16.8. The van der Waals surface area contributed by atoms with Crippen LogP contribution in [-0.2, 0) is 18.7 Å². The summed E-state index contributed by atoms with van der Waals surface area (Å²) >= 11 is 0. The molecule has 0 spiro atoms. The molecule has 0 aromatic carbocycles. The molecule has 3 saturated heterocycles. The first-order valence-electron chi connectivity index (χ1n) is 8.57. The lowest BCUT2D eigenvalue weighted by atomic mass is 9.44. The van der Waals surface area contributed by atoms with Gasteiger partial charge in [-0.25, -0.2) is 0 Å². The smallest absolute Gasteiger partial charge is 0.327 e. The van der Waals surface area contributed by atoms with Gasteiger partial charge in [-0.3, -0.25) is 0 Å². The van der Waals surface area contributed by atoms with Gasteiger partial charge in [-0.05, 0) is 19.3 Å². The summed E-state index contributed by atoms with van der Waals surface area (Å²) < 4.78 is 23.0. The van der Waals surface area contributed by atoms with E-state index in [9.17, 15) is 9.79 Å². The Morgan fingerprint density at radius 1 is 0.783 bits per heavy atom. The highest BCUT2D eigenvalue weighted by Gasteiger charge is 2.77. The lowest BCUT2D eigenvalue weighted by Gasteiger charge is -2.72. The Kier molecular flexibility index (Phi) is 4.83. The highest BCUT2D eigenvalue weighted by atomic mass is 31.2. The molecule has 0 saturated carbocycles. The molecular formula is C16H29O6P. The predicted octanol–water partition coefficient (Wildman–Crippen LogP) is 2.23. The molecule has 0 atom stereocenters. The monoisotopic (exact) mass is 348 g/mol. The van der Waals surface area contributed by atoms with Crippen molar-refractivity contribution in [3.8, 4) is 0 Å². The molecule has 3 fully saturated rings. The van der Waals surface area contributed by atoms with Crippen LogP contribution in [0.5, 0.6) is 0 Å². The maximum absolute atomic E-state index is 9.90. The van der Waals surface area contributed by atoms with Crippen LogP contribution in [0.4, 0.5) is 0 Å². The quantitative estimate of drug-likeness (QED) is 0.655. The molecule has 6 nitrogen and oxygen atoms in total. The average Bonchev–Trinajstić information content (AvgIpc) is 2.35. The van der Waals surface area contributed by atoms with Gasteiger partial charge in [-0.1, -0.05) is 20.8 Å². The second-order valence-electron chi connectivity index (χ2n) is 7.41. The molecule has 3 aliphatic rings. The van der Waals surface area contributed by atoms with Gasteiger partial charge < -0.3 is 28.5 Å². The summed E-state index contributed by atoms with van der Waals surface area (Å²) in [4.78, 5) is 19.8. The standard InChI is InChI=1S/C16H29O6P/c1-4-13(7-19-8-13)16(22-23(17)18,14(5-2)9-20-10-14)15(6-3)11-21-12-15/h17-18H,4-12H2,1-3H3. The van der Waals surface area contributed by atoms with Gasteiger partial charge in [0, 0.05) is 16.2 Å². The van der Waals surface area contributed by atoms with Gasteiger partial charge in [-0.2, -0.15) is 0 Å². The van der Waals surface area contributed by atoms with Crippen molar-refractivity contribution in [1.29, 1.82) is 0 Å².